The van der Waals surface area contributed by atoms with Crippen LogP contribution in [0, 0.1) is 0 Å². The van der Waals surface area contributed by atoms with Gasteiger partial charge < -0.3 is 10.1 Å². The van der Waals surface area contributed by atoms with Gasteiger partial charge >= 0.3 is 0 Å². The molecule has 2 aromatic carbocycles. The molecule has 8 heteroatoms. The smallest absolute Gasteiger partial charge is 0.262 e. The number of ether oxygens (including phenoxy) is 1. The Bertz CT molecular complexity index is 908. The third kappa shape index (κ3) is 5.47. The number of halogens is 1. The summed E-state index contributed by atoms with van der Waals surface area (Å²) in [5.74, 6) is 0.157. The number of carbonyl (C=O) groups is 1. The fraction of sp³-hybridized carbons (Fsp3) is 0.350. The number of nitrogens with zero attached hydrogens (tertiary/aromatic N) is 1. The highest BCUT2D eigenvalue weighted by molar-refractivity contribution is 7.89. The molecule has 0 aliphatic carbocycles. The fourth-order valence-corrected chi connectivity index (χ4v) is 4.74. The lowest BCUT2D eigenvalue weighted by molar-refractivity contribution is -0.118. The van der Waals surface area contributed by atoms with E-state index in [1.54, 1.807) is 40.7 Å². The Morgan fingerprint density at radius 3 is 2.36 bits per heavy atom. The van der Waals surface area contributed by atoms with Crippen molar-refractivity contribution in [3.63, 3.8) is 0 Å². The molecule has 1 aliphatic heterocycles. The van der Waals surface area contributed by atoms with Crippen molar-refractivity contribution in [2.75, 3.05) is 25.0 Å². The number of sulfonamides is 1. The molecule has 0 radical (unpaired) electrons. The summed E-state index contributed by atoms with van der Waals surface area (Å²) in [6, 6.07) is 13.0. The summed E-state index contributed by atoms with van der Waals surface area (Å²) >= 11 is 5.87. The van der Waals surface area contributed by atoms with Crippen LogP contribution < -0.4 is 10.1 Å². The molecule has 0 aromatic heterocycles. The van der Waals surface area contributed by atoms with Gasteiger partial charge in [-0.2, -0.15) is 4.31 Å². The first-order valence-corrected chi connectivity index (χ1v) is 11.1. The van der Waals surface area contributed by atoms with E-state index in [0.717, 1.165) is 25.7 Å². The predicted octanol–water partition coefficient (Wildman–Crippen LogP) is 3.92. The normalized spacial score (nSPS) is 15.6. The van der Waals surface area contributed by atoms with Gasteiger partial charge in [0.2, 0.25) is 10.0 Å². The summed E-state index contributed by atoms with van der Waals surface area (Å²) in [4.78, 5) is 12.3. The van der Waals surface area contributed by atoms with E-state index in [1.165, 1.54) is 12.1 Å². The summed E-state index contributed by atoms with van der Waals surface area (Å²) < 4.78 is 32.5. The van der Waals surface area contributed by atoms with Crippen LogP contribution in [-0.4, -0.2) is 38.3 Å². The molecule has 0 atom stereocenters. The zero-order chi connectivity index (χ0) is 20.0. The molecular weight excluding hydrogens is 400 g/mol. The predicted molar refractivity (Wildman–Crippen MR) is 109 cm³/mol. The van der Waals surface area contributed by atoms with Gasteiger partial charge in [-0.1, -0.05) is 30.5 Å². The van der Waals surface area contributed by atoms with Crippen molar-refractivity contribution in [3.05, 3.63) is 53.6 Å². The van der Waals surface area contributed by atoms with E-state index in [2.05, 4.69) is 5.32 Å². The van der Waals surface area contributed by atoms with Crippen LogP contribution in [0.25, 0.3) is 0 Å². The van der Waals surface area contributed by atoms with E-state index in [1.807, 2.05) is 0 Å². The maximum atomic E-state index is 12.8. The standard InChI is InChI=1S/C20H23ClN2O4S/c21-16-6-5-7-18(14-16)27-15-20(24)22-17-8-10-19(11-9-17)28(25,26)23-12-3-1-2-4-13-23/h5-11,14H,1-4,12-13,15H2,(H,22,24). The van der Waals surface area contributed by atoms with Gasteiger partial charge in [-0.3, -0.25) is 4.79 Å². The average Bonchev–Trinajstić information content (AvgIpc) is 2.97. The first-order chi connectivity index (χ1) is 13.4. The van der Waals surface area contributed by atoms with Crippen molar-refractivity contribution in [2.45, 2.75) is 30.6 Å². The lowest BCUT2D eigenvalue weighted by atomic mass is 10.2. The quantitative estimate of drug-likeness (QED) is 0.765. The summed E-state index contributed by atoms with van der Waals surface area (Å²) in [7, 11) is -3.50. The van der Waals surface area contributed by atoms with Crippen molar-refractivity contribution in [2.24, 2.45) is 0 Å². The summed E-state index contributed by atoms with van der Waals surface area (Å²) in [5, 5.41) is 3.22. The molecule has 0 spiro atoms. The van der Waals surface area contributed by atoms with Crippen LogP contribution in [0.3, 0.4) is 0 Å². The van der Waals surface area contributed by atoms with Crippen molar-refractivity contribution in [1.82, 2.24) is 4.31 Å². The second-order valence-electron chi connectivity index (χ2n) is 6.64. The minimum absolute atomic E-state index is 0.172. The van der Waals surface area contributed by atoms with Crippen LogP contribution in [0.15, 0.2) is 53.4 Å². The van der Waals surface area contributed by atoms with Gasteiger partial charge in [0.25, 0.3) is 5.91 Å². The highest BCUT2D eigenvalue weighted by Crippen LogP contribution is 2.22. The second-order valence-corrected chi connectivity index (χ2v) is 9.01. The molecule has 0 bridgehead atoms. The number of anilines is 1. The number of benzene rings is 2. The Morgan fingerprint density at radius 1 is 1.04 bits per heavy atom. The largest absolute Gasteiger partial charge is 0.484 e. The molecular formula is C20H23ClN2O4S. The van der Waals surface area contributed by atoms with Gasteiger partial charge in [0.1, 0.15) is 5.75 Å². The van der Waals surface area contributed by atoms with Crippen LogP contribution in [-0.2, 0) is 14.8 Å². The molecule has 1 saturated heterocycles. The van der Waals surface area contributed by atoms with E-state index in [4.69, 9.17) is 16.3 Å². The minimum atomic E-state index is -3.50. The van der Waals surface area contributed by atoms with E-state index in [-0.39, 0.29) is 17.4 Å². The summed E-state index contributed by atoms with van der Waals surface area (Å²) in [5.41, 5.74) is 0.509. The van der Waals surface area contributed by atoms with Crippen molar-refractivity contribution in [1.29, 1.82) is 0 Å². The minimum Gasteiger partial charge on any atom is -0.484 e. The van der Waals surface area contributed by atoms with Crippen molar-refractivity contribution in [3.8, 4) is 5.75 Å². The molecule has 0 saturated carbocycles. The molecule has 1 N–H and O–H groups in total. The monoisotopic (exact) mass is 422 g/mol. The van der Waals surface area contributed by atoms with Crippen LogP contribution in [0.2, 0.25) is 5.02 Å². The Morgan fingerprint density at radius 2 is 1.71 bits per heavy atom. The van der Waals surface area contributed by atoms with Gasteiger partial charge in [0.15, 0.2) is 6.61 Å². The molecule has 150 valence electrons. The van der Waals surface area contributed by atoms with Gasteiger partial charge in [-0.05, 0) is 55.3 Å². The number of nitrogens with one attached hydrogen (secondary N) is 1. The first-order valence-electron chi connectivity index (χ1n) is 9.23. The molecule has 6 nitrogen and oxygen atoms in total. The van der Waals surface area contributed by atoms with Crippen LogP contribution >= 0.6 is 11.6 Å². The SMILES string of the molecule is O=C(COc1cccc(Cl)c1)Nc1ccc(S(=O)(=O)N2CCCCCC2)cc1. The molecule has 1 heterocycles. The maximum absolute atomic E-state index is 12.8. The fourth-order valence-electron chi connectivity index (χ4n) is 3.04. The van der Waals surface area contributed by atoms with Gasteiger partial charge in [0, 0.05) is 23.8 Å². The van der Waals surface area contributed by atoms with E-state index >= 15 is 0 Å². The Kier molecular flexibility index (Phi) is 6.93. The number of carbonyl (C=O) groups excluding carboxylic acids is 1. The van der Waals surface area contributed by atoms with Crippen LogP contribution in [0.4, 0.5) is 5.69 Å². The molecule has 3 rings (SSSR count). The molecule has 1 aliphatic rings. The lowest BCUT2D eigenvalue weighted by Gasteiger charge is -2.20. The summed E-state index contributed by atoms with van der Waals surface area (Å²) in [6.07, 6.45) is 3.91. The molecule has 2 aromatic rings. The van der Waals surface area contributed by atoms with Gasteiger partial charge in [-0.25, -0.2) is 8.42 Å². The second kappa shape index (κ2) is 9.41. The third-order valence-electron chi connectivity index (χ3n) is 4.51. The topological polar surface area (TPSA) is 75.7 Å². The number of hydrogen-bond donors (Lipinski definition) is 1. The Labute approximate surface area is 170 Å². The average molecular weight is 423 g/mol. The number of hydrogen-bond acceptors (Lipinski definition) is 4. The van der Waals surface area contributed by atoms with Gasteiger partial charge in [0.05, 0.1) is 4.90 Å². The highest BCUT2D eigenvalue weighted by Gasteiger charge is 2.24. The zero-order valence-corrected chi connectivity index (χ0v) is 17.0. The Balaban J connectivity index is 1.58. The first kappa shape index (κ1) is 20.6. The van der Waals surface area contributed by atoms with Crippen molar-refractivity contribution < 1.29 is 17.9 Å². The number of amides is 1. The molecule has 1 amide bonds. The zero-order valence-electron chi connectivity index (χ0n) is 15.4. The molecule has 1 fully saturated rings. The lowest BCUT2D eigenvalue weighted by Crippen LogP contribution is -2.31. The van der Waals surface area contributed by atoms with E-state index in [9.17, 15) is 13.2 Å². The number of rotatable bonds is 6. The molecule has 0 unspecified atom stereocenters. The van der Waals surface area contributed by atoms with Crippen molar-refractivity contribution >= 4 is 33.2 Å². The Hall–Kier alpha value is -2.09. The highest BCUT2D eigenvalue weighted by atomic mass is 35.5. The maximum Gasteiger partial charge on any atom is 0.262 e. The van der Waals surface area contributed by atoms with Crippen LogP contribution in [0.1, 0.15) is 25.7 Å². The van der Waals surface area contributed by atoms with Gasteiger partial charge in [-0.15, -0.1) is 0 Å². The molecule has 28 heavy (non-hydrogen) atoms. The third-order valence-corrected chi connectivity index (χ3v) is 6.65. The summed E-state index contributed by atoms with van der Waals surface area (Å²) in [6.45, 7) is 0.942. The van der Waals surface area contributed by atoms with E-state index < -0.39 is 10.0 Å². The van der Waals surface area contributed by atoms with E-state index in [0.29, 0.717) is 29.5 Å². The van der Waals surface area contributed by atoms with Crippen LogP contribution in [0.5, 0.6) is 5.75 Å².